The first-order chi connectivity index (χ1) is 12.5. The van der Waals surface area contributed by atoms with Crippen LogP contribution in [0.15, 0.2) is 30.6 Å². The molecule has 2 aromatic heterocycles. The Labute approximate surface area is 154 Å². The maximum absolute atomic E-state index is 12.6. The van der Waals surface area contributed by atoms with Crippen LogP contribution in [0.5, 0.6) is 0 Å². The van der Waals surface area contributed by atoms with Crippen LogP contribution in [0.4, 0.5) is 0 Å². The first-order valence-corrected chi connectivity index (χ1v) is 9.14. The molecule has 0 atom stereocenters. The zero-order valence-electron chi connectivity index (χ0n) is 15.4. The summed E-state index contributed by atoms with van der Waals surface area (Å²) >= 11 is 0. The van der Waals surface area contributed by atoms with Gasteiger partial charge in [-0.25, -0.2) is 0 Å². The van der Waals surface area contributed by atoms with E-state index in [-0.39, 0.29) is 11.8 Å². The molecule has 0 spiro atoms. The summed E-state index contributed by atoms with van der Waals surface area (Å²) in [6.07, 6.45) is 5.73. The Kier molecular flexibility index (Phi) is 5.71. The molecule has 0 radical (unpaired) electrons. The van der Waals surface area contributed by atoms with Gasteiger partial charge >= 0.3 is 0 Å². The van der Waals surface area contributed by atoms with Gasteiger partial charge in [-0.15, -0.1) is 0 Å². The molecule has 2 N–H and O–H groups in total. The number of aromatic nitrogens is 2. The summed E-state index contributed by atoms with van der Waals surface area (Å²) in [7, 11) is 0. The van der Waals surface area contributed by atoms with Crippen LogP contribution in [0, 0.1) is 19.8 Å². The number of H-pyrrole nitrogens is 1. The average Bonchev–Trinajstić information content (AvgIpc) is 2.99. The van der Waals surface area contributed by atoms with Gasteiger partial charge in [0.25, 0.3) is 5.91 Å². The van der Waals surface area contributed by atoms with Gasteiger partial charge in [0.2, 0.25) is 5.91 Å². The number of aryl methyl sites for hydroxylation is 2. The predicted octanol–water partition coefficient (Wildman–Crippen LogP) is 2.59. The molecular formula is C20H26N4O2. The van der Waals surface area contributed by atoms with E-state index in [0.717, 1.165) is 29.7 Å². The third-order valence-electron chi connectivity index (χ3n) is 4.95. The van der Waals surface area contributed by atoms with E-state index in [1.165, 1.54) is 0 Å². The van der Waals surface area contributed by atoms with Gasteiger partial charge in [-0.3, -0.25) is 14.6 Å². The number of hydrogen-bond acceptors (Lipinski definition) is 3. The zero-order chi connectivity index (χ0) is 18.5. The maximum Gasteiger partial charge on any atom is 0.270 e. The number of carbonyl (C=O) groups excluding carboxylic acids is 2. The number of amides is 2. The minimum Gasteiger partial charge on any atom is -0.354 e. The van der Waals surface area contributed by atoms with Crippen LogP contribution in [0.2, 0.25) is 0 Å². The Morgan fingerprint density at radius 1 is 1.31 bits per heavy atom. The molecule has 0 aliphatic carbocycles. The SMILES string of the molecule is Cc1cc(C)c(C(=O)N2CCC(CC(=O)NCc3cccnc3)CC2)[nH]1. The Bertz CT molecular complexity index is 761. The molecule has 1 fully saturated rings. The molecule has 138 valence electrons. The third kappa shape index (κ3) is 4.50. The smallest absolute Gasteiger partial charge is 0.270 e. The normalized spacial score (nSPS) is 15.1. The van der Waals surface area contributed by atoms with E-state index in [1.54, 1.807) is 12.4 Å². The molecule has 6 nitrogen and oxygen atoms in total. The number of piperidine rings is 1. The number of nitrogens with one attached hydrogen (secondary N) is 2. The largest absolute Gasteiger partial charge is 0.354 e. The van der Waals surface area contributed by atoms with Gasteiger partial charge in [0.05, 0.1) is 0 Å². The summed E-state index contributed by atoms with van der Waals surface area (Å²) in [6.45, 7) is 5.83. The molecule has 0 aromatic carbocycles. The molecule has 26 heavy (non-hydrogen) atoms. The monoisotopic (exact) mass is 354 g/mol. The summed E-state index contributed by atoms with van der Waals surface area (Å²) in [4.78, 5) is 33.9. The maximum atomic E-state index is 12.6. The summed E-state index contributed by atoms with van der Waals surface area (Å²) in [5.74, 6) is 0.462. The highest BCUT2D eigenvalue weighted by atomic mass is 16.2. The highest BCUT2D eigenvalue weighted by Crippen LogP contribution is 2.22. The number of hydrogen-bond donors (Lipinski definition) is 2. The number of likely N-dealkylation sites (tertiary alicyclic amines) is 1. The quantitative estimate of drug-likeness (QED) is 0.866. The standard InChI is InChI=1S/C20H26N4O2/c1-14-10-15(2)23-19(14)20(26)24-8-5-16(6-9-24)11-18(25)22-13-17-4-3-7-21-12-17/h3-4,7,10,12,16,23H,5-6,8-9,11,13H2,1-2H3,(H,22,25). The second-order valence-electron chi connectivity index (χ2n) is 7.09. The highest BCUT2D eigenvalue weighted by molar-refractivity contribution is 5.94. The summed E-state index contributed by atoms with van der Waals surface area (Å²) in [5.41, 5.74) is 3.68. The number of carbonyl (C=O) groups is 2. The molecule has 0 bridgehead atoms. The van der Waals surface area contributed by atoms with E-state index < -0.39 is 0 Å². The Balaban J connectivity index is 1.44. The molecule has 0 unspecified atom stereocenters. The molecule has 1 aliphatic rings. The Morgan fingerprint density at radius 2 is 2.08 bits per heavy atom. The van der Waals surface area contributed by atoms with Crippen molar-refractivity contribution in [3.63, 3.8) is 0 Å². The van der Waals surface area contributed by atoms with Crippen molar-refractivity contribution in [1.29, 1.82) is 0 Å². The highest BCUT2D eigenvalue weighted by Gasteiger charge is 2.26. The fraction of sp³-hybridized carbons (Fsp3) is 0.450. The van der Waals surface area contributed by atoms with Gasteiger partial charge in [0.15, 0.2) is 0 Å². The van der Waals surface area contributed by atoms with E-state index in [4.69, 9.17) is 0 Å². The molecule has 3 rings (SSSR count). The van der Waals surface area contributed by atoms with E-state index in [9.17, 15) is 9.59 Å². The topological polar surface area (TPSA) is 78.1 Å². The first kappa shape index (κ1) is 18.2. The Morgan fingerprint density at radius 3 is 2.69 bits per heavy atom. The van der Waals surface area contributed by atoms with Crippen molar-refractivity contribution < 1.29 is 9.59 Å². The lowest BCUT2D eigenvalue weighted by Gasteiger charge is -2.31. The summed E-state index contributed by atoms with van der Waals surface area (Å²) in [5, 5.41) is 2.95. The fourth-order valence-corrected chi connectivity index (χ4v) is 3.49. The predicted molar refractivity (Wildman–Crippen MR) is 99.6 cm³/mol. The molecule has 6 heteroatoms. The molecule has 2 aromatic rings. The molecule has 2 amide bonds. The van der Waals surface area contributed by atoms with Gasteiger partial charge in [0, 0.05) is 44.1 Å². The van der Waals surface area contributed by atoms with E-state index in [1.807, 2.05) is 36.9 Å². The molecule has 0 saturated carbocycles. The van der Waals surface area contributed by atoms with Gasteiger partial charge in [-0.2, -0.15) is 0 Å². The van der Waals surface area contributed by atoms with Crippen molar-refractivity contribution >= 4 is 11.8 Å². The van der Waals surface area contributed by atoms with Crippen LogP contribution in [0.3, 0.4) is 0 Å². The second-order valence-corrected chi connectivity index (χ2v) is 7.09. The number of pyridine rings is 1. The van der Waals surface area contributed by atoms with Crippen LogP contribution in [0.25, 0.3) is 0 Å². The Hall–Kier alpha value is -2.63. The second kappa shape index (κ2) is 8.17. The molecule has 3 heterocycles. The number of rotatable bonds is 5. The molecular weight excluding hydrogens is 328 g/mol. The van der Waals surface area contributed by atoms with Crippen LogP contribution >= 0.6 is 0 Å². The van der Waals surface area contributed by atoms with E-state index in [0.29, 0.717) is 37.7 Å². The number of nitrogens with zero attached hydrogens (tertiary/aromatic N) is 2. The molecule has 1 saturated heterocycles. The van der Waals surface area contributed by atoms with Crippen molar-refractivity contribution in [1.82, 2.24) is 20.2 Å². The minimum atomic E-state index is 0.0643. The molecule has 1 aliphatic heterocycles. The van der Waals surface area contributed by atoms with Crippen LogP contribution < -0.4 is 5.32 Å². The van der Waals surface area contributed by atoms with Crippen LogP contribution in [0.1, 0.15) is 46.6 Å². The van der Waals surface area contributed by atoms with Crippen LogP contribution in [-0.2, 0) is 11.3 Å². The average molecular weight is 354 g/mol. The summed E-state index contributed by atoms with van der Waals surface area (Å²) < 4.78 is 0. The lowest BCUT2D eigenvalue weighted by Crippen LogP contribution is -2.40. The third-order valence-corrected chi connectivity index (χ3v) is 4.95. The van der Waals surface area contributed by atoms with Crippen LogP contribution in [-0.4, -0.2) is 39.8 Å². The van der Waals surface area contributed by atoms with E-state index in [2.05, 4.69) is 15.3 Å². The van der Waals surface area contributed by atoms with Crippen molar-refractivity contribution in [2.75, 3.05) is 13.1 Å². The summed E-state index contributed by atoms with van der Waals surface area (Å²) in [6, 6.07) is 5.80. The minimum absolute atomic E-state index is 0.0643. The first-order valence-electron chi connectivity index (χ1n) is 9.14. The number of aromatic amines is 1. The van der Waals surface area contributed by atoms with Gasteiger partial charge in [-0.1, -0.05) is 6.07 Å². The van der Waals surface area contributed by atoms with Gasteiger partial charge < -0.3 is 15.2 Å². The fourth-order valence-electron chi connectivity index (χ4n) is 3.49. The van der Waals surface area contributed by atoms with Crippen molar-refractivity contribution in [2.24, 2.45) is 5.92 Å². The van der Waals surface area contributed by atoms with Gasteiger partial charge in [-0.05, 0) is 55.9 Å². The van der Waals surface area contributed by atoms with Crippen molar-refractivity contribution in [3.05, 3.63) is 53.1 Å². The van der Waals surface area contributed by atoms with Crippen molar-refractivity contribution in [2.45, 2.75) is 39.7 Å². The van der Waals surface area contributed by atoms with Crippen molar-refractivity contribution in [3.8, 4) is 0 Å². The van der Waals surface area contributed by atoms with E-state index >= 15 is 0 Å². The zero-order valence-corrected chi connectivity index (χ0v) is 15.4. The lowest BCUT2D eigenvalue weighted by atomic mass is 9.93. The van der Waals surface area contributed by atoms with Gasteiger partial charge in [0.1, 0.15) is 5.69 Å². The lowest BCUT2D eigenvalue weighted by molar-refractivity contribution is -0.122.